The van der Waals surface area contributed by atoms with Crippen molar-refractivity contribution < 1.29 is 4.92 Å². The van der Waals surface area contributed by atoms with Crippen LogP contribution in [-0.2, 0) is 0 Å². The lowest BCUT2D eigenvalue weighted by Crippen LogP contribution is -2.25. The van der Waals surface area contributed by atoms with Crippen LogP contribution >= 0.6 is 0 Å². The molecule has 10 heavy (non-hydrogen) atoms. The lowest BCUT2D eigenvalue weighted by Gasteiger charge is -2.09. The van der Waals surface area contributed by atoms with Crippen LogP contribution in [-0.4, -0.2) is 36.0 Å². The molecule has 4 nitrogen and oxygen atoms in total. The first kappa shape index (κ1) is 7.47. The molecule has 0 radical (unpaired) electrons. The van der Waals surface area contributed by atoms with E-state index in [-0.39, 0.29) is 11.5 Å². The average molecular weight is 144 g/mol. The van der Waals surface area contributed by atoms with E-state index >= 15 is 0 Å². The topological polar surface area (TPSA) is 46.4 Å². The van der Waals surface area contributed by atoms with Crippen LogP contribution in [0.5, 0.6) is 0 Å². The van der Waals surface area contributed by atoms with Gasteiger partial charge in [0.25, 0.3) is 0 Å². The molecule has 0 aromatic carbocycles. The summed E-state index contributed by atoms with van der Waals surface area (Å²) in [6.07, 6.45) is 2.41. The van der Waals surface area contributed by atoms with E-state index in [1.54, 1.807) is 0 Å². The van der Waals surface area contributed by atoms with Crippen molar-refractivity contribution in [2.45, 2.75) is 12.8 Å². The van der Waals surface area contributed by atoms with Crippen LogP contribution in [0.2, 0.25) is 0 Å². The highest BCUT2D eigenvalue weighted by Gasteiger charge is 2.12. The zero-order valence-corrected chi connectivity index (χ0v) is 5.95. The molecule has 1 fully saturated rings. The van der Waals surface area contributed by atoms with E-state index in [0.29, 0.717) is 6.54 Å². The van der Waals surface area contributed by atoms with E-state index in [2.05, 4.69) is 4.90 Å². The maximum absolute atomic E-state index is 9.93. The van der Waals surface area contributed by atoms with Crippen molar-refractivity contribution in [1.82, 2.24) is 4.90 Å². The summed E-state index contributed by atoms with van der Waals surface area (Å²) < 4.78 is 0. The molecule has 0 aromatic rings. The van der Waals surface area contributed by atoms with Crippen LogP contribution in [0.15, 0.2) is 0 Å². The van der Waals surface area contributed by atoms with Gasteiger partial charge in [0, 0.05) is 4.92 Å². The Kier molecular flexibility index (Phi) is 2.62. The third kappa shape index (κ3) is 2.31. The highest BCUT2D eigenvalue weighted by Crippen LogP contribution is 2.05. The summed E-state index contributed by atoms with van der Waals surface area (Å²) in [6, 6.07) is 0. The van der Waals surface area contributed by atoms with Gasteiger partial charge >= 0.3 is 0 Å². The Balaban J connectivity index is 2.07. The number of nitrogens with zero attached hydrogens (tertiary/aromatic N) is 2. The molecule has 1 saturated heterocycles. The van der Waals surface area contributed by atoms with Gasteiger partial charge in [-0.25, -0.2) is 0 Å². The van der Waals surface area contributed by atoms with Gasteiger partial charge in [-0.05, 0) is 25.9 Å². The van der Waals surface area contributed by atoms with Gasteiger partial charge in [-0.15, -0.1) is 0 Å². The minimum atomic E-state index is -0.252. The van der Waals surface area contributed by atoms with Gasteiger partial charge in [0.15, 0.2) is 0 Å². The summed E-state index contributed by atoms with van der Waals surface area (Å²) >= 11 is 0. The smallest absolute Gasteiger partial charge is 0.216 e. The zero-order chi connectivity index (χ0) is 7.40. The Morgan fingerprint density at radius 3 is 2.50 bits per heavy atom. The fraction of sp³-hybridized carbons (Fsp3) is 1.00. The van der Waals surface area contributed by atoms with Crippen molar-refractivity contribution >= 4 is 0 Å². The highest BCUT2D eigenvalue weighted by molar-refractivity contribution is 4.64. The first-order valence-corrected chi connectivity index (χ1v) is 3.63. The molecule has 58 valence electrons. The second-order valence-electron chi connectivity index (χ2n) is 2.61. The van der Waals surface area contributed by atoms with Crippen molar-refractivity contribution in [2.75, 3.05) is 26.2 Å². The number of likely N-dealkylation sites (tertiary alicyclic amines) is 1. The molecule has 0 saturated carbocycles. The molecule has 1 aliphatic rings. The summed E-state index contributed by atoms with van der Waals surface area (Å²) in [5, 5.41) is 9.93. The summed E-state index contributed by atoms with van der Waals surface area (Å²) in [7, 11) is 0. The lowest BCUT2D eigenvalue weighted by atomic mass is 10.4. The van der Waals surface area contributed by atoms with E-state index in [9.17, 15) is 10.1 Å². The molecular formula is C6H12N2O2. The molecule has 1 aliphatic heterocycles. The number of rotatable bonds is 3. The SMILES string of the molecule is O=[N+]([O-])CCN1CCCC1. The van der Waals surface area contributed by atoms with Crippen LogP contribution in [0, 0.1) is 10.1 Å². The Bertz CT molecular complexity index is 121. The van der Waals surface area contributed by atoms with E-state index in [1.165, 1.54) is 12.8 Å². The number of hydrogen-bond donors (Lipinski definition) is 0. The molecule has 0 atom stereocenters. The monoisotopic (exact) mass is 144 g/mol. The average Bonchev–Trinajstić information content (AvgIpc) is 2.34. The van der Waals surface area contributed by atoms with Gasteiger partial charge in [-0.1, -0.05) is 0 Å². The Labute approximate surface area is 60.0 Å². The van der Waals surface area contributed by atoms with Crippen molar-refractivity contribution in [3.05, 3.63) is 10.1 Å². The summed E-state index contributed by atoms with van der Waals surface area (Å²) in [6.45, 7) is 2.83. The molecule has 0 unspecified atom stereocenters. The predicted octanol–water partition coefficient (Wildman–Crippen LogP) is 0.359. The fourth-order valence-electron chi connectivity index (χ4n) is 1.23. The van der Waals surface area contributed by atoms with Crippen LogP contribution in [0.25, 0.3) is 0 Å². The maximum atomic E-state index is 9.93. The van der Waals surface area contributed by atoms with Gasteiger partial charge < -0.3 is 0 Å². The molecule has 0 aromatic heterocycles. The Hall–Kier alpha value is -0.640. The van der Waals surface area contributed by atoms with Gasteiger partial charge in [-0.2, -0.15) is 0 Å². The van der Waals surface area contributed by atoms with Crippen molar-refractivity contribution in [3.63, 3.8) is 0 Å². The van der Waals surface area contributed by atoms with E-state index in [4.69, 9.17) is 0 Å². The van der Waals surface area contributed by atoms with E-state index in [1.807, 2.05) is 0 Å². The van der Waals surface area contributed by atoms with Crippen LogP contribution in [0.4, 0.5) is 0 Å². The summed E-state index contributed by atoms with van der Waals surface area (Å²) in [4.78, 5) is 11.8. The van der Waals surface area contributed by atoms with Gasteiger partial charge in [0.2, 0.25) is 6.54 Å². The van der Waals surface area contributed by atoms with E-state index < -0.39 is 0 Å². The lowest BCUT2D eigenvalue weighted by molar-refractivity contribution is -0.480. The van der Waals surface area contributed by atoms with Gasteiger partial charge in [-0.3, -0.25) is 15.0 Å². The molecule has 1 rings (SSSR count). The first-order valence-electron chi connectivity index (χ1n) is 3.63. The minimum Gasteiger partial charge on any atom is -0.297 e. The molecule has 1 heterocycles. The van der Waals surface area contributed by atoms with Crippen LogP contribution in [0.3, 0.4) is 0 Å². The molecule has 0 spiro atoms. The highest BCUT2D eigenvalue weighted by atomic mass is 16.6. The second kappa shape index (κ2) is 3.51. The molecule has 0 bridgehead atoms. The van der Waals surface area contributed by atoms with Crippen molar-refractivity contribution in [1.29, 1.82) is 0 Å². The molecule has 4 heteroatoms. The van der Waals surface area contributed by atoms with Gasteiger partial charge in [0.1, 0.15) is 0 Å². The number of nitro groups is 1. The molecule has 0 N–H and O–H groups in total. The van der Waals surface area contributed by atoms with Gasteiger partial charge in [0.05, 0.1) is 6.54 Å². The van der Waals surface area contributed by atoms with E-state index in [0.717, 1.165) is 13.1 Å². The zero-order valence-electron chi connectivity index (χ0n) is 5.95. The molecular weight excluding hydrogens is 132 g/mol. The Morgan fingerprint density at radius 2 is 2.00 bits per heavy atom. The second-order valence-corrected chi connectivity index (χ2v) is 2.61. The third-order valence-corrected chi connectivity index (χ3v) is 1.80. The fourth-order valence-corrected chi connectivity index (χ4v) is 1.23. The van der Waals surface area contributed by atoms with Crippen molar-refractivity contribution in [2.24, 2.45) is 0 Å². The normalized spacial score (nSPS) is 19.6. The Morgan fingerprint density at radius 1 is 1.40 bits per heavy atom. The number of hydrogen-bond acceptors (Lipinski definition) is 3. The standard InChI is InChI=1S/C6H12N2O2/c9-8(10)6-5-7-3-1-2-4-7/h1-6H2. The largest absolute Gasteiger partial charge is 0.297 e. The molecule has 0 aliphatic carbocycles. The van der Waals surface area contributed by atoms with Crippen molar-refractivity contribution in [3.8, 4) is 0 Å². The predicted molar refractivity (Wildman–Crippen MR) is 37.5 cm³/mol. The minimum absolute atomic E-state index is 0.0972. The van der Waals surface area contributed by atoms with Crippen LogP contribution < -0.4 is 0 Å². The quantitative estimate of drug-likeness (QED) is 0.424. The summed E-state index contributed by atoms with van der Waals surface area (Å²) in [5.41, 5.74) is 0. The third-order valence-electron chi connectivity index (χ3n) is 1.80. The molecule has 0 amide bonds. The summed E-state index contributed by atoms with van der Waals surface area (Å²) in [5.74, 6) is 0. The maximum Gasteiger partial charge on any atom is 0.216 e. The first-order chi connectivity index (χ1) is 4.79. The van der Waals surface area contributed by atoms with Crippen LogP contribution in [0.1, 0.15) is 12.8 Å².